The summed E-state index contributed by atoms with van der Waals surface area (Å²) >= 11 is 0. The molecule has 7 heteroatoms. The maximum absolute atomic E-state index is 13.1. The van der Waals surface area contributed by atoms with Gasteiger partial charge in [-0.15, -0.1) is 0 Å². The van der Waals surface area contributed by atoms with E-state index in [0.29, 0.717) is 6.29 Å². The number of hydrogen-bond donors (Lipinski definition) is 1. The van der Waals surface area contributed by atoms with Crippen LogP contribution < -0.4 is 10.6 Å². The van der Waals surface area contributed by atoms with E-state index in [0.717, 1.165) is 17.0 Å². The lowest BCUT2D eigenvalue weighted by Gasteiger charge is -2.24. The third kappa shape index (κ3) is 3.08. The highest BCUT2D eigenvalue weighted by molar-refractivity contribution is 6.00. The standard InChI is InChI=1S/C15H11F3N2O2/c16-15(17,18)12-6-1-2-7-13(12)20(14(19)22)11-5-3-4-10(8-11)9-21/h1-9H,(H2,19,22). The van der Waals surface area contributed by atoms with Crippen molar-refractivity contribution in [1.29, 1.82) is 0 Å². The Balaban J connectivity index is 2.63. The molecule has 114 valence electrons. The van der Waals surface area contributed by atoms with Gasteiger partial charge < -0.3 is 5.73 Å². The van der Waals surface area contributed by atoms with E-state index in [1.807, 2.05) is 0 Å². The molecule has 0 spiro atoms. The Morgan fingerprint density at radius 1 is 1.09 bits per heavy atom. The van der Waals surface area contributed by atoms with E-state index < -0.39 is 23.5 Å². The fraction of sp³-hybridized carbons (Fsp3) is 0.0667. The van der Waals surface area contributed by atoms with Crippen LogP contribution in [0.3, 0.4) is 0 Å². The van der Waals surface area contributed by atoms with E-state index >= 15 is 0 Å². The number of halogens is 3. The SMILES string of the molecule is NC(=O)N(c1cccc(C=O)c1)c1ccccc1C(F)(F)F. The molecule has 0 aliphatic heterocycles. The lowest BCUT2D eigenvalue weighted by Crippen LogP contribution is -2.33. The van der Waals surface area contributed by atoms with E-state index in [9.17, 15) is 22.8 Å². The molecule has 2 aromatic carbocycles. The molecule has 0 bridgehead atoms. The lowest BCUT2D eigenvalue weighted by molar-refractivity contribution is -0.137. The predicted octanol–water partition coefficient (Wildman–Crippen LogP) is 3.73. The van der Waals surface area contributed by atoms with Gasteiger partial charge in [-0.1, -0.05) is 24.3 Å². The summed E-state index contributed by atoms with van der Waals surface area (Å²) in [5.41, 5.74) is 4.14. The molecular formula is C15H11F3N2O2. The number of hydrogen-bond acceptors (Lipinski definition) is 2. The smallest absolute Gasteiger partial charge is 0.351 e. The van der Waals surface area contributed by atoms with Gasteiger partial charge in [0.1, 0.15) is 6.29 Å². The maximum Gasteiger partial charge on any atom is 0.418 e. The molecular weight excluding hydrogens is 297 g/mol. The molecule has 0 fully saturated rings. The summed E-state index contributed by atoms with van der Waals surface area (Å²) in [6, 6.07) is 9.08. The van der Waals surface area contributed by atoms with Crippen molar-refractivity contribution >= 4 is 23.7 Å². The number of primary amides is 1. The molecule has 2 amide bonds. The number of amides is 2. The molecule has 2 rings (SSSR count). The van der Waals surface area contributed by atoms with Crippen molar-refractivity contribution < 1.29 is 22.8 Å². The van der Waals surface area contributed by atoms with Crippen LogP contribution in [0.25, 0.3) is 0 Å². The minimum atomic E-state index is -4.65. The number of urea groups is 1. The highest BCUT2D eigenvalue weighted by Crippen LogP contribution is 2.39. The van der Waals surface area contributed by atoms with E-state index in [-0.39, 0.29) is 11.3 Å². The van der Waals surface area contributed by atoms with Gasteiger partial charge in [-0.3, -0.25) is 9.69 Å². The first-order chi connectivity index (χ1) is 10.3. The van der Waals surface area contributed by atoms with Crippen LogP contribution >= 0.6 is 0 Å². The van der Waals surface area contributed by atoms with E-state index in [2.05, 4.69) is 0 Å². The molecule has 0 saturated carbocycles. The number of rotatable bonds is 3. The Hall–Kier alpha value is -2.83. The fourth-order valence-electron chi connectivity index (χ4n) is 2.03. The topological polar surface area (TPSA) is 63.4 Å². The van der Waals surface area contributed by atoms with E-state index in [1.54, 1.807) is 0 Å². The van der Waals surface area contributed by atoms with Gasteiger partial charge in [0.05, 0.1) is 16.9 Å². The Kier molecular flexibility index (Phi) is 4.16. The summed E-state index contributed by atoms with van der Waals surface area (Å²) in [7, 11) is 0. The predicted molar refractivity (Wildman–Crippen MR) is 75.0 cm³/mol. The quantitative estimate of drug-likeness (QED) is 0.878. The first-order valence-corrected chi connectivity index (χ1v) is 6.15. The average molecular weight is 308 g/mol. The van der Waals surface area contributed by atoms with Gasteiger partial charge in [0.2, 0.25) is 0 Å². The second-order valence-electron chi connectivity index (χ2n) is 4.40. The van der Waals surface area contributed by atoms with Crippen molar-refractivity contribution in [1.82, 2.24) is 0 Å². The zero-order chi connectivity index (χ0) is 16.3. The van der Waals surface area contributed by atoms with Crippen molar-refractivity contribution in [2.45, 2.75) is 6.18 Å². The number of alkyl halides is 3. The molecule has 22 heavy (non-hydrogen) atoms. The van der Waals surface area contributed by atoms with E-state index in [1.165, 1.54) is 36.4 Å². The first kappa shape index (κ1) is 15.6. The van der Waals surface area contributed by atoms with Crippen molar-refractivity contribution in [2.75, 3.05) is 4.90 Å². The van der Waals surface area contributed by atoms with Crippen LogP contribution in [0.15, 0.2) is 48.5 Å². The van der Waals surface area contributed by atoms with Crippen LogP contribution in [0.4, 0.5) is 29.3 Å². The molecule has 0 radical (unpaired) electrons. The average Bonchev–Trinajstić information content (AvgIpc) is 2.47. The molecule has 4 nitrogen and oxygen atoms in total. The summed E-state index contributed by atoms with van der Waals surface area (Å²) in [5.74, 6) is 0. The number of nitrogens with two attached hydrogens (primary N) is 1. The monoisotopic (exact) mass is 308 g/mol. The number of carbonyl (C=O) groups excluding carboxylic acids is 2. The van der Waals surface area contributed by atoms with Gasteiger partial charge >= 0.3 is 12.2 Å². The molecule has 2 N–H and O–H groups in total. The lowest BCUT2D eigenvalue weighted by atomic mass is 10.1. The molecule has 0 unspecified atom stereocenters. The summed E-state index contributed by atoms with van der Waals surface area (Å²) in [6.45, 7) is 0. The van der Waals surface area contributed by atoms with Crippen molar-refractivity contribution in [3.05, 3.63) is 59.7 Å². The maximum atomic E-state index is 13.1. The van der Waals surface area contributed by atoms with Gasteiger partial charge in [0.25, 0.3) is 0 Å². The molecule has 0 heterocycles. The number of nitrogens with zero attached hydrogens (tertiary/aromatic N) is 1. The minimum absolute atomic E-state index is 0.0776. The number of carbonyl (C=O) groups is 2. The van der Waals surface area contributed by atoms with Gasteiger partial charge in [-0.05, 0) is 24.3 Å². The third-order valence-electron chi connectivity index (χ3n) is 2.94. The number of benzene rings is 2. The second kappa shape index (κ2) is 5.88. The third-order valence-corrected chi connectivity index (χ3v) is 2.94. The fourth-order valence-corrected chi connectivity index (χ4v) is 2.03. The normalized spacial score (nSPS) is 11.0. The van der Waals surface area contributed by atoms with Crippen LogP contribution in [0, 0.1) is 0 Å². The summed E-state index contributed by atoms with van der Waals surface area (Å²) in [4.78, 5) is 23.2. The first-order valence-electron chi connectivity index (χ1n) is 6.15. The van der Waals surface area contributed by atoms with Crippen LogP contribution in [-0.4, -0.2) is 12.3 Å². The van der Waals surface area contributed by atoms with Gasteiger partial charge in [0.15, 0.2) is 0 Å². The Labute approximate surface area is 124 Å². The summed E-state index contributed by atoms with van der Waals surface area (Å²) in [5, 5.41) is 0. The highest BCUT2D eigenvalue weighted by Gasteiger charge is 2.35. The van der Waals surface area contributed by atoms with Crippen molar-refractivity contribution in [3.8, 4) is 0 Å². The molecule has 0 aliphatic rings. The van der Waals surface area contributed by atoms with E-state index in [4.69, 9.17) is 5.73 Å². The molecule has 2 aromatic rings. The summed E-state index contributed by atoms with van der Waals surface area (Å²) < 4.78 is 39.3. The molecule has 0 atom stereocenters. The molecule has 0 saturated heterocycles. The molecule has 0 aromatic heterocycles. The number of aldehydes is 1. The van der Waals surface area contributed by atoms with Crippen LogP contribution in [-0.2, 0) is 6.18 Å². The van der Waals surface area contributed by atoms with Crippen molar-refractivity contribution in [2.24, 2.45) is 5.73 Å². The van der Waals surface area contributed by atoms with Gasteiger partial charge in [0, 0.05) is 5.56 Å². The van der Waals surface area contributed by atoms with Crippen LogP contribution in [0.1, 0.15) is 15.9 Å². The summed E-state index contributed by atoms with van der Waals surface area (Å²) in [6.07, 6.45) is -4.12. The zero-order valence-electron chi connectivity index (χ0n) is 11.2. The number of para-hydroxylation sites is 1. The number of anilines is 2. The second-order valence-corrected chi connectivity index (χ2v) is 4.40. The Morgan fingerprint density at radius 3 is 2.36 bits per heavy atom. The Bertz CT molecular complexity index is 714. The largest absolute Gasteiger partial charge is 0.418 e. The van der Waals surface area contributed by atoms with Gasteiger partial charge in [-0.2, -0.15) is 13.2 Å². The van der Waals surface area contributed by atoms with Crippen LogP contribution in [0.5, 0.6) is 0 Å². The Morgan fingerprint density at radius 2 is 1.77 bits per heavy atom. The van der Waals surface area contributed by atoms with Crippen molar-refractivity contribution in [3.63, 3.8) is 0 Å². The van der Waals surface area contributed by atoms with Crippen LogP contribution in [0.2, 0.25) is 0 Å². The van der Waals surface area contributed by atoms with Gasteiger partial charge in [-0.25, -0.2) is 4.79 Å². The minimum Gasteiger partial charge on any atom is -0.351 e. The molecule has 0 aliphatic carbocycles. The zero-order valence-corrected chi connectivity index (χ0v) is 11.2. The highest BCUT2D eigenvalue weighted by atomic mass is 19.4.